The van der Waals surface area contributed by atoms with Gasteiger partial charge in [0.05, 0.1) is 6.42 Å². The normalized spacial score (nSPS) is 12.8. The van der Waals surface area contributed by atoms with Crippen LogP contribution in [0.25, 0.3) is 10.9 Å². The molecule has 1 unspecified atom stereocenters. The van der Waals surface area contributed by atoms with Crippen LogP contribution in [0, 0.1) is 5.92 Å². The second kappa shape index (κ2) is 7.30. The van der Waals surface area contributed by atoms with Gasteiger partial charge < -0.3 is 10.3 Å². The summed E-state index contributed by atoms with van der Waals surface area (Å²) >= 11 is 0. The second-order valence-electron chi connectivity index (χ2n) is 6.33. The molecule has 2 rings (SSSR count). The van der Waals surface area contributed by atoms with E-state index in [-0.39, 0.29) is 11.9 Å². The van der Waals surface area contributed by atoms with Crippen molar-refractivity contribution in [2.45, 2.75) is 52.5 Å². The summed E-state index contributed by atoms with van der Waals surface area (Å²) in [5, 5.41) is 4.24. The van der Waals surface area contributed by atoms with E-state index in [4.69, 9.17) is 0 Å². The minimum Gasteiger partial charge on any atom is -0.361 e. The molecule has 2 N–H and O–H groups in total. The molecular weight excluding hydrogens is 260 g/mol. The maximum atomic E-state index is 12.1. The van der Waals surface area contributed by atoms with Crippen molar-refractivity contribution in [1.82, 2.24) is 10.3 Å². The molecule has 1 amide bonds. The first-order chi connectivity index (χ1) is 10.1. The zero-order chi connectivity index (χ0) is 15.2. The summed E-state index contributed by atoms with van der Waals surface area (Å²) in [6.45, 7) is 6.56. The van der Waals surface area contributed by atoms with Gasteiger partial charge in [0, 0.05) is 23.1 Å². The van der Waals surface area contributed by atoms with Crippen LogP contribution in [0.4, 0.5) is 0 Å². The summed E-state index contributed by atoms with van der Waals surface area (Å²) in [7, 11) is 0. The van der Waals surface area contributed by atoms with Crippen molar-refractivity contribution in [3.05, 3.63) is 36.0 Å². The third kappa shape index (κ3) is 4.62. The van der Waals surface area contributed by atoms with Crippen molar-refractivity contribution in [1.29, 1.82) is 0 Å². The lowest BCUT2D eigenvalue weighted by atomic mass is 10.0. The predicted octanol–water partition coefficient (Wildman–Crippen LogP) is 4.04. The van der Waals surface area contributed by atoms with Crippen LogP contribution in [0.2, 0.25) is 0 Å². The molecule has 0 bridgehead atoms. The number of aromatic amines is 1. The number of aromatic nitrogens is 1. The molecule has 114 valence electrons. The average Bonchev–Trinajstić information content (AvgIpc) is 2.81. The van der Waals surface area contributed by atoms with Crippen LogP contribution in [-0.4, -0.2) is 16.9 Å². The van der Waals surface area contributed by atoms with Gasteiger partial charge in [-0.15, -0.1) is 0 Å². The number of hydrogen-bond donors (Lipinski definition) is 2. The summed E-state index contributed by atoms with van der Waals surface area (Å²) < 4.78 is 0. The van der Waals surface area contributed by atoms with Crippen LogP contribution in [0.1, 0.15) is 45.6 Å². The monoisotopic (exact) mass is 286 g/mol. The van der Waals surface area contributed by atoms with Gasteiger partial charge in [0.1, 0.15) is 0 Å². The van der Waals surface area contributed by atoms with E-state index < -0.39 is 0 Å². The van der Waals surface area contributed by atoms with Crippen molar-refractivity contribution < 1.29 is 4.79 Å². The number of fused-ring (bicyclic) bond motifs is 1. The summed E-state index contributed by atoms with van der Waals surface area (Å²) in [5.41, 5.74) is 2.16. The Hall–Kier alpha value is -1.77. The van der Waals surface area contributed by atoms with E-state index in [2.05, 4.69) is 37.1 Å². The van der Waals surface area contributed by atoms with Gasteiger partial charge in [-0.25, -0.2) is 0 Å². The maximum Gasteiger partial charge on any atom is 0.224 e. The first kappa shape index (κ1) is 15.6. The largest absolute Gasteiger partial charge is 0.361 e. The molecule has 0 aliphatic rings. The number of para-hydroxylation sites is 1. The number of amides is 1. The number of H-pyrrole nitrogens is 1. The highest BCUT2D eigenvalue weighted by molar-refractivity contribution is 5.88. The topological polar surface area (TPSA) is 44.9 Å². The van der Waals surface area contributed by atoms with Crippen molar-refractivity contribution in [2.75, 3.05) is 0 Å². The molecule has 0 saturated carbocycles. The summed E-state index contributed by atoms with van der Waals surface area (Å²) in [5.74, 6) is 0.843. The van der Waals surface area contributed by atoms with E-state index in [9.17, 15) is 4.79 Å². The Morgan fingerprint density at radius 3 is 2.71 bits per heavy atom. The summed E-state index contributed by atoms with van der Waals surface area (Å²) in [6.07, 6.45) is 5.83. The van der Waals surface area contributed by atoms with E-state index in [1.807, 2.05) is 24.4 Å². The van der Waals surface area contributed by atoms with E-state index in [1.54, 1.807) is 0 Å². The summed E-state index contributed by atoms with van der Waals surface area (Å²) in [6, 6.07) is 8.35. The SMILES string of the molecule is CC(C)CCCC(C)NC(=O)Cc1c[nH]c2ccccc12. The first-order valence-corrected chi connectivity index (χ1v) is 7.90. The van der Waals surface area contributed by atoms with Gasteiger partial charge in [0.15, 0.2) is 0 Å². The Morgan fingerprint density at radius 1 is 1.19 bits per heavy atom. The van der Waals surface area contributed by atoms with Crippen molar-refractivity contribution in [2.24, 2.45) is 5.92 Å². The first-order valence-electron chi connectivity index (χ1n) is 7.90. The highest BCUT2D eigenvalue weighted by Gasteiger charge is 2.11. The van der Waals surface area contributed by atoms with Crippen LogP contribution in [0.5, 0.6) is 0 Å². The number of carbonyl (C=O) groups is 1. The fraction of sp³-hybridized carbons (Fsp3) is 0.500. The number of hydrogen-bond acceptors (Lipinski definition) is 1. The third-order valence-electron chi connectivity index (χ3n) is 3.85. The Labute approximate surface area is 127 Å². The highest BCUT2D eigenvalue weighted by Crippen LogP contribution is 2.18. The molecule has 21 heavy (non-hydrogen) atoms. The van der Waals surface area contributed by atoms with Crippen molar-refractivity contribution in [3.8, 4) is 0 Å². The molecule has 1 aromatic heterocycles. The third-order valence-corrected chi connectivity index (χ3v) is 3.85. The molecular formula is C18H26N2O. The molecule has 0 radical (unpaired) electrons. The van der Waals surface area contributed by atoms with Gasteiger partial charge >= 0.3 is 0 Å². The van der Waals surface area contributed by atoms with Gasteiger partial charge in [-0.3, -0.25) is 4.79 Å². The van der Waals surface area contributed by atoms with Gasteiger partial charge in [0.25, 0.3) is 0 Å². The fourth-order valence-corrected chi connectivity index (χ4v) is 2.68. The molecule has 3 nitrogen and oxygen atoms in total. The molecule has 0 aliphatic heterocycles. The van der Waals surface area contributed by atoms with E-state index in [0.29, 0.717) is 6.42 Å². The molecule has 1 aromatic carbocycles. The minimum absolute atomic E-state index is 0.108. The zero-order valence-electron chi connectivity index (χ0n) is 13.3. The zero-order valence-corrected chi connectivity index (χ0v) is 13.3. The average molecular weight is 286 g/mol. The molecule has 3 heteroatoms. The van der Waals surface area contributed by atoms with Crippen molar-refractivity contribution in [3.63, 3.8) is 0 Å². The highest BCUT2D eigenvalue weighted by atomic mass is 16.1. The minimum atomic E-state index is 0.108. The standard InChI is InChI=1S/C18H26N2O/c1-13(2)7-6-8-14(3)20-18(21)11-15-12-19-17-10-5-4-9-16(15)17/h4-5,9-10,12-14,19H,6-8,11H2,1-3H3,(H,20,21). The number of rotatable bonds is 7. The van der Waals surface area contributed by atoms with Crippen LogP contribution in [0.3, 0.4) is 0 Å². The van der Waals surface area contributed by atoms with Crippen LogP contribution in [0.15, 0.2) is 30.5 Å². The number of carbonyl (C=O) groups excluding carboxylic acids is 1. The number of nitrogens with one attached hydrogen (secondary N) is 2. The Balaban J connectivity index is 1.84. The number of benzene rings is 1. The molecule has 0 fully saturated rings. The maximum absolute atomic E-state index is 12.1. The van der Waals surface area contributed by atoms with Gasteiger partial charge in [-0.05, 0) is 30.9 Å². The Bertz CT molecular complexity index is 586. The quantitative estimate of drug-likeness (QED) is 0.792. The smallest absolute Gasteiger partial charge is 0.224 e. The van der Waals surface area contributed by atoms with E-state index in [1.165, 1.54) is 12.8 Å². The Kier molecular flexibility index (Phi) is 5.43. The van der Waals surface area contributed by atoms with Crippen LogP contribution < -0.4 is 5.32 Å². The van der Waals surface area contributed by atoms with Gasteiger partial charge in [-0.1, -0.05) is 44.9 Å². The van der Waals surface area contributed by atoms with E-state index in [0.717, 1.165) is 28.8 Å². The lowest BCUT2D eigenvalue weighted by molar-refractivity contribution is -0.121. The van der Waals surface area contributed by atoms with Crippen LogP contribution in [-0.2, 0) is 11.2 Å². The van der Waals surface area contributed by atoms with Gasteiger partial charge in [-0.2, -0.15) is 0 Å². The van der Waals surface area contributed by atoms with Crippen molar-refractivity contribution >= 4 is 16.8 Å². The second-order valence-corrected chi connectivity index (χ2v) is 6.33. The molecule has 2 aromatic rings. The van der Waals surface area contributed by atoms with Gasteiger partial charge in [0.2, 0.25) is 5.91 Å². The molecule has 1 heterocycles. The lowest BCUT2D eigenvalue weighted by Crippen LogP contribution is -2.33. The lowest BCUT2D eigenvalue weighted by Gasteiger charge is -2.14. The fourth-order valence-electron chi connectivity index (χ4n) is 2.68. The van der Waals surface area contributed by atoms with E-state index >= 15 is 0 Å². The van der Waals surface area contributed by atoms with Crippen LogP contribution >= 0.6 is 0 Å². The molecule has 1 atom stereocenters. The Morgan fingerprint density at radius 2 is 1.95 bits per heavy atom. The predicted molar refractivity (Wildman–Crippen MR) is 88.3 cm³/mol. The molecule has 0 spiro atoms. The molecule has 0 aliphatic carbocycles. The molecule has 0 saturated heterocycles. The summed E-state index contributed by atoms with van der Waals surface area (Å²) in [4.78, 5) is 15.4.